The summed E-state index contributed by atoms with van der Waals surface area (Å²) in [5.74, 6) is -1.88. The van der Waals surface area contributed by atoms with Crippen molar-refractivity contribution in [3.05, 3.63) is 47.2 Å². The molecular formula is C20H23F3N4O3. The number of benzene rings is 1. The summed E-state index contributed by atoms with van der Waals surface area (Å²) in [6.45, 7) is 3.35. The number of hydrazine groups is 1. The Hall–Kier alpha value is -2.59. The number of ether oxygens (including phenoxy) is 1. The fourth-order valence-electron chi connectivity index (χ4n) is 4.22. The van der Waals surface area contributed by atoms with Gasteiger partial charge in [0.25, 0.3) is 5.91 Å². The first-order chi connectivity index (χ1) is 14.3. The topological polar surface area (TPSA) is 73.9 Å². The first-order valence-corrected chi connectivity index (χ1v) is 9.80. The zero-order valence-corrected chi connectivity index (χ0v) is 16.4. The Morgan fingerprint density at radius 1 is 1.20 bits per heavy atom. The van der Waals surface area contributed by atoms with Gasteiger partial charge in [-0.15, -0.1) is 0 Å². The highest BCUT2D eigenvalue weighted by atomic mass is 19.4. The molecule has 2 amide bonds. The van der Waals surface area contributed by atoms with Gasteiger partial charge in [-0.3, -0.25) is 14.6 Å². The van der Waals surface area contributed by atoms with Crippen LogP contribution in [0, 0.1) is 0 Å². The lowest BCUT2D eigenvalue weighted by molar-refractivity contribution is -0.161. The van der Waals surface area contributed by atoms with Gasteiger partial charge in [-0.25, -0.2) is 5.43 Å². The molecule has 3 aliphatic heterocycles. The van der Waals surface area contributed by atoms with Crippen molar-refractivity contribution < 1.29 is 27.5 Å². The molecule has 30 heavy (non-hydrogen) atoms. The van der Waals surface area contributed by atoms with Crippen LogP contribution in [0.5, 0.6) is 0 Å². The molecule has 2 saturated heterocycles. The van der Waals surface area contributed by atoms with E-state index in [0.29, 0.717) is 37.6 Å². The van der Waals surface area contributed by atoms with Crippen molar-refractivity contribution in [2.45, 2.75) is 37.6 Å². The Labute approximate surface area is 171 Å². The van der Waals surface area contributed by atoms with E-state index in [1.54, 1.807) is 42.2 Å². The summed E-state index contributed by atoms with van der Waals surface area (Å²) < 4.78 is 46.6. The Morgan fingerprint density at radius 3 is 2.50 bits per heavy atom. The number of amides is 2. The van der Waals surface area contributed by atoms with Gasteiger partial charge < -0.3 is 15.0 Å². The van der Waals surface area contributed by atoms with E-state index in [0.717, 1.165) is 5.01 Å². The summed E-state index contributed by atoms with van der Waals surface area (Å²) in [5, 5.41) is 4.04. The van der Waals surface area contributed by atoms with Crippen LogP contribution in [0.1, 0.15) is 24.8 Å². The molecular weight excluding hydrogens is 401 g/mol. The molecule has 2 fully saturated rings. The molecule has 0 bridgehead atoms. The van der Waals surface area contributed by atoms with E-state index in [2.05, 4.69) is 10.7 Å². The van der Waals surface area contributed by atoms with Gasteiger partial charge in [0.15, 0.2) is 0 Å². The zero-order chi connectivity index (χ0) is 21.5. The van der Waals surface area contributed by atoms with Crippen LogP contribution < -0.4 is 10.7 Å². The van der Waals surface area contributed by atoms with Gasteiger partial charge in [0.05, 0.1) is 25.6 Å². The molecule has 0 radical (unpaired) electrons. The predicted octanol–water partition coefficient (Wildman–Crippen LogP) is 1.50. The van der Waals surface area contributed by atoms with Gasteiger partial charge in [0.1, 0.15) is 12.2 Å². The Bertz CT molecular complexity index is 853. The smallest absolute Gasteiger partial charge is 0.378 e. The summed E-state index contributed by atoms with van der Waals surface area (Å²) in [6, 6.07) is 6.39. The molecule has 162 valence electrons. The lowest BCUT2D eigenvalue weighted by atomic mass is 9.89. The predicted molar refractivity (Wildman–Crippen MR) is 101 cm³/mol. The van der Waals surface area contributed by atoms with Crippen LogP contribution in [0.25, 0.3) is 0 Å². The minimum absolute atomic E-state index is 0.171. The maximum Gasteiger partial charge on any atom is 0.406 e. The molecule has 7 nitrogen and oxygen atoms in total. The molecule has 1 aromatic rings. The molecule has 1 aromatic carbocycles. The van der Waals surface area contributed by atoms with Crippen LogP contribution in [-0.4, -0.2) is 66.4 Å². The highest BCUT2D eigenvalue weighted by Crippen LogP contribution is 2.41. The molecule has 3 atom stereocenters. The minimum atomic E-state index is -4.56. The van der Waals surface area contributed by atoms with Crippen molar-refractivity contribution in [3.63, 3.8) is 0 Å². The number of alkyl halides is 3. The molecule has 0 saturated carbocycles. The van der Waals surface area contributed by atoms with E-state index >= 15 is 0 Å². The SMILES string of the molecule is CC1=C(CC(=O)N2CCOCC2)C(=O)N2NC(C(F)(F)F)C(c3ccccc3)C2N1. The average molecular weight is 424 g/mol. The second kappa shape index (κ2) is 7.92. The van der Waals surface area contributed by atoms with Crippen molar-refractivity contribution in [1.29, 1.82) is 0 Å². The third-order valence-corrected chi connectivity index (χ3v) is 5.78. The van der Waals surface area contributed by atoms with Crippen molar-refractivity contribution >= 4 is 11.8 Å². The van der Waals surface area contributed by atoms with Gasteiger partial charge in [-0.2, -0.15) is 13.2 Å². The molecule has 0 spiro atoms. The number of carbonyl (C=O) groups is 2. The molecule has 2 N–H and O–H groups in total. The van der Waals surface area contributed by atoms with E-state index in [1.165, 1.54) is 0 Å². The van der Waals surface area contributed by atoms with Gasteiger partial charge in [0, 0.05) is 24.4 Å². The molecule has 0 aromatic heterocycles. The fourth-order valence-corrected chi connectivity index (χ4v) is 4.22. The fraction of sp³-hybridized carbons (Fsp3) is 0.500. The number of rotatable bonds is 3. The lowest BCUT2D eigenvalue weighted by Crippen LogP contribution is -2.55. The van der Waals surface area contributed by atoms with E-state index in [9.17, 15) is 22.8 Å². The summed E-state index contributed by atoms with van der Waals surface area (Å²) in [5.41, 5.74) is 3.42. The third kappa shape index (κ3) is 3.77. The second-order valence-corrected chi connectivity index (χ2v) is 7.62. The van der Waals surface area contributed by atoms with Gasteiger partial charge in [0.2, 0.25) is 5.91 Å². The second-order valence-electron chi connectivity index (χ2n) is 7.62. The van der Waals surface area contributed by atoms with Crippen LogP contribution in [0.4, 0.5) is 13.2 Å². The highest BCUT2D eigenvalue weighted by Gasteiger charge is 2.57. The Kier molecular flexibility index (Phi) is 5.46. The maximum absolute atomic E-state index is 13.8. The van der Waals surface area contributed by atoms with E-state index < -0.39 is 30.2 Å². The van der Waals surface area contributed by atoms with Crippen LogP contribution in [0.2, 0.25) is 0 Å². The number of hydrogen-bond acceptors (Lipinski definition) is 5. The van der Waals surface area contributed by atoms with Crippen molar-refractivity contribution in [2.75, 3.05) is 26.3 Å². The minimum Gasteiger partial charge on any atom is -0.378 e. The quantitative estimate of drug-likeness (QED) is 0.770. The van der Waals surface area contributed by atoms with Crippen molar-refractivity contribution in [3.8, 4) is 0 Å². The molecule has 4 rings (SSSR count). The van der Waals surface area contributed by atoms with Gasteiger partial charge in [-0.1, -0.05) is 30.3 Å². The first-order valence-electron chi connectivity index (χ1n) is 9.80. The molecule has 3 unspecified atom stereocenters. The monoisotopic (exact) mass is 424 g/mol. The van der Waals surface area contributed by atoms with Gasteiger partial charge in [-0.05, 0) is 12.5 Å². The molecule has 0 aliphatic carbocycles. The molecule has 3 aliphatic rings. The van der Waals surface area contributed by atoms with Crippen LogP contribution in [-0.2, 0) is 14.3 Å². The van der Waals surface area contributed by atoms with Crippen molar-refractivity contribution in [1.82, 2.24) is 20.7 Å². The number of carbonyl (C=O) groups excluding carboxylic acids is 2. The summed E-state index contributed by atoms with van der Waals surface area (Å²) >= 11 is 0. The van der Waals surface area contributed by atoms with Crippen molar-refractivity contribution in [2.24, 2.45) is 0 Å². The van der Waals surface area contributed by atoms with Gasteiger partial charge >= 0.3 is 6.18 Å². The largest absolute Gasteiger partial charge is 0.406 e. The Balaban J connectivity index is 1.60. The third-order valence-electron chi connectivity index (χ3n) is 5.78. The average Bonchev–Trinajstić information content (AvgIpc) is 3.12. The number of halogens is 3. The van der Waals surface area contributed by atoms with E-state index in [1.807, 2.05) is 0 Å². The van der Waals surface area contributed by atoms with Crippen LogP contribution >= 0.6 is 0 Å². The molecule has 3 heterocycles. The molecule has 10 heteroatoms. The van der Waals surface area contributed by atoms with Crippen LogP contribution in [0.3, 0.4) is 0 Å². The Morgan fingerprint density at radius 2 is 1.87 bits per heavy atom. The highest BCUT2D eigenvalue weighted by molar-refractivity contribution is 6.00. The maximum atomic E-state index is 13.8. The summed E-state index contributed by atoms with van der Waals surface area (Å²) in [4.78, 5) is 27.3. The van der Waals surface area contributed by atoms with Crippen LogP contribution in [0.15, 0.2) is 41.6 Å². The number of morpholine rings is 1. The summed E-state index contributed by atoms with van der Waals surface area (Å²) in [6.07, 6.45) is -5.64. The number of allylic oxidation sites excluding steroid dienone is 1. The van der Waals surface area contributed by atoms with E-state index in [4.69, 9.17) is 4.74 Å². The normalized spacial score (nSPS) is 27.2. The first kappa shape index (κ1) is 20.7. The summed E-state index contributed by atoms with van der Waals surface area (Å²) in [7, 11) is 0. The number of nitrogens with one attached hydrogen (secondary N) is 2. The number of hydrogen-bond donors (Lipinski definition) is 2. The van der Waals surface area contributed by atoms with E-state index in [-0.39, 0.29) is 17.9 Å². The zero-order valence-electron chi connectivity index (χ0n) is 16.4. The number of fused-ring (bicyclic) bond motifs is 1. The number of nitrogens with zero attached hydrogens (tertiary/aromatic N) is 2. The lowest BCUT2D eigenvalue weighted by Gasteiger charge is -2.35. The standard InChI is InChI=1S/C20H23F3N4O3/c1-12-14(11-15(28)26-7-9-30-10-8-26)19(29)27-18(24-12)16(13-5-3-2-4-6-13)17(25-27)20(21,22)23/h2-6,16-18,24-25H,7-11H2,1H3.